The van der Waals surface area contributed by atoms with Crippen LogP contribution in [0.3, 0.4) is 0 Å². The smallest absolute Gasteiger partial charge is 0.247 e. The minimum Gasteiger partial charge on any atom is -0.487 e. The Labute approximate surface area is 143 Å². The number of carbonyl (C=O) groups excluding carboxylic acids is 1. The molecule has 0 saturated carbocycles. The Bertz CT molecular complexity index is 842. The molecule has 0 spiro atoms. The SMILES string of the molecule is CCn1ccc(NC(=O)Cn2cc(COc3ccc(F)cc3)nn2)n1. The second-order valence-corrected chi connectivity index (χ2v) is 5.25. The molecule has 25 heavy (non-hydrogen) atoms. The summed E-state index contributed by atoms with van der Waals surface area (Å²) >= 11 is 0. The summed E-state index contributed by atoms with van der Waals surface area (Å²) < 4.78 is 21.4. The number of ether oxygens (including phenoxy) is 1. The van der Waals surface area contributed by atoms with Crippen LogP contribution in [0.1, 0.15) is 12.6 Å². The van der Waals surface area contributed by atoms with Crippen molar-refractivity contribution in [1.82, 2.24) is 24.8 Å². The fourth-order valence-corrected chi connectivity index (χ4v) is 2.10. The fourth-order valence-electron chi connectivity index (χ4n) is 2.10. The topological polar surface area (TPSA) is 86.9 Å². The molecule has 1 amide bonds. The molecule has 1 N–H and O–H groups in total. The van der Waals surface area contributed by atoms with E-state index < -0.39 is 0 Å². The van der Waals surface area contributed by atoms with E-state index in [9.17, 15) is 9.18 Å². The molecule has 0 unspecified atom stereocenters. The third-order valence-electron chi connectivity index (χ3n) is 3.32. The van der Waals surface area contributed by atoms with Gasteiger partial charge in [0, 0.05) is 18.8 Å². The molecule has 3 rings (SSSR count). The molecule has 0 saturated heterocycles. The van der Waals surface area contributed by atoms with Gasteiger partial charge in [0.15, 0.2) is 5.82 Å². The molecule has 0 aliphatic heterocycles. The number of anilines is 1. The molecular formula is C16H17FN6O2. The third kappa shape index (κ3) is 4.63. The molecule has 0 bridgehead atoms. The van der Waals surface area contributed by atoms with E-state index in [1.807, 2.05) is 6.92 Å². The lowest BCUT2D eigenvalue weighted by Crippen LogP contribution is -2.19. The summed E-state index contributed by atoms with van der Waals surface area (Å²) in [6.07, 6.45) is 3.41. The van der Waals surface area contributed by atoms with Crippen LogP contribution in [0.4, 0.5) is 10.2 Å². The van der Waals surface area contributed by atoms with E-state index in [0.717, 1.165) is 6.54 Å². The summed E-state index contributed by atoms with van der Waals surface area (Å²) in [6.45, 7) is 2.89. The summed E-state index contributed by atoms with van der Waals surface area (Å²) in [6, 6.07) is 7.42. The maximum absolute atomic E-state index is 12.8. The first-order chi connectivity index (χ1) is 12.1. The van der Waals surface area contributed by atoms with Gasteiger partial charge in [-0.1, -0.05) is 5.21 Å². The van der Waals surface area contributed by atoms with Crippen LogP contribution in [0.5, 0.6) is 5.75 Å². The molecule has 2 aromatic heterocycles. The van der Waals surface area contributed by atoms with Crippen molar-refractivity contribution < 1.29 is 13.9 Å². The number of benzene rings is 1. The van der Waals surface area contributed by atoms with Gasteiger partial charge in [-0.05, 0) is 31.2 Å². The standard InChI is InChI=1S/C16H17FN6O2/c1-2-22-8-7-15(20-22)18-16(24)10-23-9-13(19-21-23)11-25-14-5-3-12(17)4-6-14/h3-9H,2,10-11H2,1H3,(H,18,20,24). The lowest BCUT2D eigenvalue weighted by molar-refractivity contribution is -0.117. The van der Waals surface area contributed by atoms with Crippen LogP contribution in [0.2, 0.25) is 0 Å². The molecule has 0 aliphatic carbocycles. The summed E-state index contributed by atoms with van der Waals surface area (Å²) in [7, 11) is 0. The number of aryl methyl sites for hydroxylation is 1. The second-order valence-electron chi connectivity index (χ2n) is 5.25. The van der Waals surface area contributed by atoms with Crippen LogP contribution in [0, 0.1) is 5.82 Å². The van der Waals surface area contributed by atoms with Gasteiger partial charge in [-0.3, -0.25) is 9.48 Å². The average Bonchev–Trinajstić information content (AvgIpc) is 3.23. The van der Waals surface area contributed by atoms with Gasteiger partial charge in [0.25, 0.3) is 0 Å². The number of hydrogen-bond donors (Lipinski definition) is 1. The monoisotopic (exact) mass is 344 g/mol. The number of aromatic nitrogens is 5. The van der Waals surface area contributed by atoms with Crippen molar-refractivity contribution in [2.45, 2.75) is 26.6 Å². The predicted octanol–water partition coefficient (Wildman–Crippen LogP) is 1.85. The number of hydrogen-bond acceptors (Lipinski definition) is 5. The van der Waals surface area contributed by atoms with Gasteiger partial charge in [0.1, 0.15) is 30.4 Å². The number of nitrogens with one attached hydrogen (secondary N) is 1. The zero-order valence-corrected chi connectivity index (χ0v) is 13.6. The van der Waals surface area contributed by atoms with Gasteiger partial charge >= 0.3 is 0 Å². The average molecular weight is 344 g/mol. The Morgan fingerprint density at radius 3 is 2.76 bits per heavy atom. The summed E-state index contributed by atoms with van der Waals surface area (Å²) in [5.41, 5.74) is 0.562. The minimum atomic E-state index is -0.326. The maximum Gasteiger partial charge on any atom is 0.247 e. The van der Waals surface area contributed by atoms with E-state index >= 15 is 0 Å². The van der Waals surface area contributed by atoms with Gasteiger partial charge in [-0.15, -0.1) is 5.10 Å². The Morgan fingerprint density at radius 1 is 1.24 bits per heavy atom. The Kier molecular flexibility index (Phi) is 5.03. The van der Waals surface area contributed by atoms with Crippen LogP contribution in [-0.4, -0.2) is 30.7 Å². The maximum atomic E-state index is 12.8. The highest BCUT2D eigenvalue weighted by molar-refractivity contribution is 5.89. The van der Waals surface area contributed by atoms with E-state index in [1.54, 1.807) is 23.1 Å². The molecule has 0 aliphatic rings. The highest BCUT2D eigenvalue weighted by Gasteiger charge is 2.08. The zero-order chi connectivity index (χ0) is 17.6. The summed E-state index contributed by atoms with van der Waals surface area (Å²) in [5, 5.41) is 14.7. The minimum absolute atomic E-state index is 0.0164. The van der Waals surface area contributed by atoms with Crippen molar-refractivity contribution in [1.29, 1.82) is 0 Å². The molecule has 9 heteroatoms. The molecule has 0 atom stereocenters. The van der Waals surface area contributed by atoms with Gasteiger partial charge in [0.2, 0.25) is 5.91 Å². The zero-order valence-electron chi connectivity index (χ0n) is 13.6. The van der Waals surface area contributed by atoms with Crippen molar-refractivity contribution in [3.05, 3.63) is 54.2 Å². The highest BCUT2D eigenvalue weighted by Crippen LogP contribution is 2.12. The number of nitrogens with zero attached hydrogens (tertiary/aromatic N) is 5. The second kappa shape index (κ2) is 7.56. The molecule has 8 nitrogen and oxygen atoms in total. The first kappa shape index (κ1) is 16.6. The Balaban J connectivity index is 1.50. The number of carbonyl (C=O) groups is 1. The fraction of sp³-hybridized carbons (Fsp3) is 0.250. The molecule has 0 fully saturated rings. The quantitative estimate of drug-likeness (QED) is 0.707. The van der Waals surface area contributed by atoms with Crippen LogP contribution >= 0.6 is 0 Å². The number of rotatable bonds is 7. The lowest BCUT2D eigenvalue weighted by Gasteiger charge is -2.03. The summed E-state index contributed by atoms with van der Waals surface area (Å²) in [4.78, 5) is 12.0. The molecule has 130 valence electrons. The largest absolute Gasteiger partial charge is 0.487 e. The van der Waals surface area contributed by atoms with Crippen molar-refractivity contribution in [3.8, 4) is 5.75 Å². The third-order valence-corrected chi connectivity index (χ3v) is 3.32. The molecule has 1 aromatic carbocycles. The highest BCUT2D eigenvalue weighted by atomic mass is 19.1. The predicted molar refractivity (Wildman–Crippen MR) is 87.3 cm³/mol. The van der Waals surface area contributed by atoms with E-state index in [1.165, 1.54) is 28.9 Å². The van der Waals surface area contributed by atoms with E-state index in [2.05, 4.69) is 20.7 Å². The normalized spacial score (nSPS) is 10.6. The molecule has 0 radical (unpaired) electrons. The van der Waals surface area contributed by atoms with Gasteiger partial charge in [-0.25, -0.2) is 9.07 Å². The van der Waals surface area contributed by atoms with Crippen LogP contribution in [-0.2, 0) is 24.5 Å². The Morgan fingerprint density at radius 2 is 2.04 bits per heavy atom. The van der Waals surface area contributed by atoms with Gasteiger partial charge in [-0.2, -0.15) is 5.10 Å². The first-order valence-electron chi connectivity index (χ1n) is 7.73. The molecule has 2 heterocycles. The van der Waals surface area contributed by atoms with Gasteiger partial charge < -0.3 is 10.1 Å². The number of halogens is 1. The van der Waals surface area contributed by atoms with Crippen LogP contribution in [0.25, 0.3) is 0 Å². The Hall–Kier alpha value is -3.23. The first-order valence-corrected chi connectivity index (χ1v) is 7.73. The summed E-state index contributed by atoms with van der Waals surface area (Å²) in [5.74, 6) is 0.442. The van der Waals surface area contributed by atoms with Gasteiger partial charge in [0.05, 0.1) is 6.20 Å². The van der Waals surface area contributed by atoms with Crippen molar-refractivity contribution >= 4 is 11.7 Å². The van der Waals surface area contributed by atoms with Crippen molar-refractivity contribution in [2.75, 3.05) is 5.32 Å². The van der Waals surface area contributed by atoms with Crippen molar-refractivity contribution in [3.63, 3.8) is 0 Å². The number of amides is 1. The van der Waals surface area contributed by atoms with E-state index in [4.69, 9.17) is 4.74 Å². The van der Waals surface area contributed by atoms with E-state index in [0.29, 0.717) is 17.3 Å². The lowest BCUT2D eigenvalue weighted by atomic mass is 10.3. The van der Waals surface area contributed by atoms with Crippen molar-refractivity contribution in [2.24, 2.45) is 0 Å². The van der Waals surface area contributed by atoms with Crippen LogP contribution < -0.4 is 10.1 Å². The molecular weight excluding hydrogens is 327 g/mol. The molecule has 3 aromatic rings. The van der Waals surface area contributed by atoms with Crippen LogP contribution in [0.15, 0.2) is 42.7 Å². The van der Waals surface area contributed by atoms with E-state index in [-0.39, 0.29) is 24.9 Å².